The summed E-state index contributed by atoms with van der Waals surface area (Å²) in [5, 5.41) is 0. The van der Waals surface area contributed by atoms with Gasteiger partial charge in [0, 0.05) is 5.57 Å². The molecule has 1 aliphatic heterocycles. The lowest BCUT2D eigenvalue weighted by molar-refractivity contribution is -0.113. The first-order valence-electron chi connectivity index (χ1n) is 2.92. The Labute approximate surface area is 59.7 Å². The van der Waals surface area contributed by atoms with Gasteiger partial charge in [0.05, 0.1) is 11.5 Å². The molecule has 0 aromatic rings. The number of hydrogen-bond acceptors (Lipinski definition) is 3. The van der Waals surface area contributed by atoms with E-state index < -0.39 is 9.84 Å². The van der Waals surface area contributed by atoms with E-state index in [-0.39, 0.29) is 17.3 Å². The summed E-state index contributed by atoms with van der Waals surface area (Å²) >= 11 is 0. The Morgan fingerprint density at radius 3 is 2.40 bits per heavy atom. The Hall–Kier alpha value is -0.640. The molecule has 1 aliphatic rings. The van der Waals surface area contributed by atoms with Crippen LogP contribution in [0.1, 0.15) is 6.92 Å². The lowest BCUT2D eigenvalue weighted by Crippen LogP contribution is -2.06. The van der Waals surface area contributed by atoms with Gasteiger partial charge in [-0.1, -0.05) is 6.08 Å². The third kappa shape index (κ3) is 1.44. The SMILES string of the molecule is CC(=O)C1=CCS(=O)(=O)C1. The van der Waals surface area contributed by atoms with E-state index in [0.717, 1.165) is 0 Å². The molecule has 56 valence electrons. The van der Waals surface area contributed by atoms with Crippen LogP contribution in [0.2, 0.25) is 0 Å². The van der Waals surface area contributed by atoms with E-state index in [9.17, 15) is 13.2 Å². The Morgan fingerprint density at radius 1 is 1.60 bits per heavy atom. The second-order valence-electron chi connectivity index (χ2n) is 2.34. The van der Waals surface area contributed by atoms with Gasteiger partial charge in [0.1, 0.15) is 0 Å². The molecule has 0 spiro atoms. The Morgan fingerprint density at radius 2 is 2.20 bits per heavy atom. The van der Waals surface area contributed by atoms with Crippen molar-refractivity contribution in [3.8, 4) is 0 Å². The van der Waals surface area contributed by atoms with Gasteiger partial charge in [-0.15, -0.1) is 0 Å². The van der Waals surface area contributed by atoms with E-state index in [2.05, 4.69) is 0 Å². The molecule has 0 atom stereocenters. The molecule has 0 aliphatic carbocycles. The summed E-state index contributed by atoms with van der Waals surface area (Å²) in [6, 6.07) is 0. The molecular formula is C6H8O3S. The van der Waals surface area contributed by atoms with Gasteiger partial charge >= 0.3 is 0 Å². The Balaban J connectivity index is 2.83. The van der Waals surface area contributed by atoms with Crippen molar-refractivity contribution in [2.75, 3.05) is 11.5 Å². The average molecular weight is 160 g/mol. The first-order chi connectivity index (χ1) is 4.51. The molecule has 0 N–H and O–H groups in total. The number of hydrogen-bond donors (Lipinski definition) is 0. The first-order valence-corrected chi connectivity index (χ1v) is 4.74. The molecular weight excluding hydrogens is 152 g/mol. The quantitative estimate of drug-likeness (QED) is 0.539. The van der Waals surface area contributed by atoms with Gasteiger partial charge in [-0.2, -0.15) is 0 Å². The van der Waals surface area contributed by atoms with Crippen molar-refractivity contribution >= 4 is 15.6 Å². The number of carbonyl (C=O) groups is 1. The number of sulfone groups is 1. The number of Topliss-reactive ketones (excluding diaryl/α,β-unsaturated/α-hetero) is 1. The van der Waals surface area contributed by atoms with Crippen molar-refractivity contribution < 1.29 is 13.2 Å². The molecule has 0 saturated carbocycles. The van der Waals surface area contributed by atoms with E-state index in [1.54, 1.807) is 0 Å². The standard InChI is InChI=1S/C6H8O3S/c1-5(7)6-2-3-10(8,9)4-6/h2H,3-4H2,1H3. The van der Waals surface area contributed by atoms with Crippen LogP contribution in [0.3, 0.4) is 0 Å². The summed E-state index contributed by atoms with van der Waals surface area (Å²) in [5.74, 6) is -0.175. The molecule has 1 heterocycles. The molecule has 0 radical (unpaired) electrons. The summed E-state index contributed by atoms with van der Waals surface area (Å²) in [6.07, 6.45) is 1.48. The molecule has 0 amide bonds. The molecule has 0 unspecified atom stereocenters. The van der Waals surface area contributed by atoms with Crippen LogP contribution in [0.5, 0.6) is 0 Å². The van der Waals surface area contributed by atoms with E-state index in [1.165, 1.54) is 13.0 Å². The largest absolute Gasteiger partial charge is 0.295 e. The average Bonchev–Trinajstić information content (AvgIpc) is 2.10. The van der Waals surface area contributed by atoms with Crippen LogP contribution in [-0.4, -0.2) is 25.7 Å². The molecule has 0 fully saturated rings. The highest BCUT2D eigenvalue weighted by atomic mass is 32.2. The van der Waals surface area contributed by atoms with Crippen molar-refractivity contribution in [2.24, 2.45) is 0 Å². The summed E-state index contributed by atoms with van der Waals surface area (Å²) in [7, 11) is -2.95. The lowest BCUT2D eigenvalue weighted by atomic mass is 10.2. The third-order valence-corrected chi connectivity index (χ3v) is 2.84. The first kappa shape index (κ1) is 7.47. The van der Waals surface area contributed by atoms with Crippen molar-refractivity contribution in [2.45, 2.75) is 6.92 Å². The molecule has 0 aromatic heterocycles. The minimum Gasteiger partial charge on any atom is -0.295 e. The number of carbonyl (C=O) groups excluding carboxylic acids is 1. The summed E-state index contributed by atoms with van der Waals surface area (Å²) < 4.78 is 21.5. The van der Waals surface area contributed by atoms with Crippen LogP contribution in [0, 0.1) is 0 Å². The van der Waals surface area contributed by atoms with Crippen molar-refractivity contribution in [1.82, 2.24) is 0 Å². The van der Waals surface area contributed by atoms with Crippen LogP contribution in [-0.2, 0) is 14.6 Å². The zero-order chi connectivity index (χ0) is 7.78. The molecule has 1 rings (SSSR count). The minimum atomic E-state index is -2.95. The fraction of sp³-hybridized carbons (Fsp3) is 0.500. The highest BCUT2D eigenvalue weighted by molar-refractivity contribution is 7.92. The maximum Gasteiger partial charge on any atom is 0.158 e. The molecule has 0 bridgehead atoms. The molecule has 0 saturated heterocycles. The minimum absolute atomic E-state index is 0.0297. The Kier molecular flexibility index (Phi) is 1.64. The van der Waals surface area contributed by atoms with Gasteiger partial charge in [-0.25, -0.2) is 8.42 Å². The molecule has 0 aromatic carbocycles. The predicted octanol–water partition coefficient (Wildman–Crippen LogP) is -0.0698. The second-order valence-corrected chi connectivity index (χ2v) is 4.45. The Bertz CT molecular complexity index is 284. The summed E-state index contributed by atoms with van der Waals surface area (Å²) in [5.41, 5.74) is 0.431. The van der Waals surface area contributed by atoms with Crippen LogP contribution in [0.15, 0.2) is 11.6 Å². The summed E-state index contributed by atoms with van der Waals surface area (Å²) in [6.45, 7) is 1.38. The van der Waals surface area contributed by atoms with E-state index in [4.69, 9.17) is 0 Å². The van der Waals surface area contributed by atoms with Gasteiger partial charge in [0.2, 0.25) is 0 Å². The zero-order valence-electron chi connectivity index (χ0n) is 5.62. The fourth-order valence-electron chi connectivity index (χ4n) is 0.828. The van der Waals surface area contributed by atoms with Crippen LogP contribution < -0.4 is 0 Å². The van der Waals surface area contributed by atoms with Gasteiger partial charge in [0.15, 0.2) is 15.6 Å². The highest BCUT2D eigenvalue weighted by Crippen LogP contribution is 2.11. The third-order valence-electron chi connectivity index (χ3n) is 1.41. The van der Waals surface area contributed by atoms with Crippen LogP contribution in [0.25, 0.3) is 0 Å². The fourth-order valence-corrected chi connectivity index (χ4v) is 2.20. The monoisotopic (exact) mass is 160 g/mol. The maximum absolute atomic E-state index is 10.7. The highest BCUT2D eigenvalue weighted by Gasteiger charge is 2.21. The molecule has 4 heteroatoms. The van der Waals surface area contributed by atoms with E-state index in [1.807, 2.05) is 0 Å². The summed E-state index contributed by atoms with van der Waals surface area (Å²) in [4.78, 5) is 10.6. The van der Waals surface area contributed by atoms with Gasteiger partial charge in [-0.05, 0) is 6.92 Å². The van der Waals surface area contributed by atoms with E-state index in [0.29, 0.717) is 5.57 Å². The number of ketones is 1. The van der Waals surface area contributed by atoms with Gasteiger partial charge in [-0.3, -0.25) is 4.79 Å². The van der Waals surface area contributed by atoms with Crippen molar-refractivity contribution in [1.29, 1.82) is 0 Å². The topological polar surface area (TPSA) is 51.2 Å². The van der Waals surface area contributed by atoms with E-state index >= 15 is 0 Å². The predicted molar refractivity (Wildman–Crippen MR) is 37.4 cm³/mol. The van der Waals surface area contributed by atoms with Crippen LogP contribution >= 0.6 is 0 Å². The van der Waals surface area contributed by atoms with Crippen molar-refractivity contribution in [3.05, 3.63) is 11.6 Å². The maximum atomic E-state index is 10.7. The molecule has 3 nitrogen and oxygen atoms in total. The zero-order valence-corrected chi connectivity index (χ0v) is 6.44. The smallest absolute Gasteiger partial charge is 0.158 e. The second kappa shape index (κ2) is 2.20. The van der Waals surface area contributed by atoms with Gasteiger partial charge < -0.3 is 0 Å². The normalized spacial score (nSPS) is 22.3. The lowest BCUT2D eigenvalue weighted by Gasteiger charge is -1.90. The van der Waals surface area contributed by atoms with Gasteiger partial charge in [0.25, 0.3) is 0 Å². The number of rotatable bonds is 1. The van der Waals surface area contributed by atoms with Crippen molar-refractivity contribution in [3.63, 3.8) is 0 Å². The molecule has 10 heavy (non-hydrogen) atoms. The van der Waals surface area contributed by atoms with Crippen LogP contribution in [0.4, 0.5) is 0 Å².